The second-order valence-electron chi connectivity index (χ2n) is 5.58. The second kappa shape index (κ2) is 7.10. The van der Waals surface area contributed by atoms with Gasteiger partial charge in [0.15, 0.2) is 0 Å². The number of carbonyl (C=O) groups is 2. The fraction of sp³-hybridized carbons (Fsp3) is 0.105. The van der Waals surface area contributed by atoms with Gasteiger partial charge in [-0.25, -0.2) is 10.2 Å². The van der Waals surface area contributed by atoms with Gasteiger partial charge in [-0.15, -0.1) is 0 Å². The summed E-state index contributed by atoms with van der Waals surface area (Å²) in [7, 11) is 0. The van der Waals surface area contributed by atoms with E-state index < -0.39 is 5.97 Å². The number of nitrogens with zero attached hydrogens (tertiary/aromatic N) is 1. The highest BCUT2D eigenvalue weighted by Gasteiger charge is 2.12. The molecule has 0 aliphatic heterocycles. The maximum absolute atomic E-state index is 12.0. The first-order valence-corrected chi connectivity index (χ1v) is 7.78. The lowest BCUT2D eigenvalue weighted by Crippen LogP contribution is -2.19. The summed E-state index contributed by atoms with van der Waals surface area (Å²) in [4.78, 5) is 22.9. The van der Waals surface area contributed by atoms with Crippen LogP contribution in [-0.2, 0) is 0 Å². The number of rotatable bonds is 5. The fourth-order valence-electron chi connectivity index (χ4n) is 2.36. The number of benzene rings is 1. The number of furan rings is 2. The van der Waals surface area contributed by atoms with Crippen LogP contribution in [0, 0.1) is 6.92 Å². The van der Waals surface area contributed by atoms with Crippen LogP contribution >= 0.6 is 0 Å². The molecule has 0 bridgehead atoms. The molecule has 0 radical (unpaired) electrons. The average molecular weight is 352 g/mol. The molecule has 1 amide bonds. The Morgan fingerprint density at radius 3 is 2.38 bits per heavy atom. The van der Waals surface area contributed by atoms with Crippen LogP contribution in [0.15, 0.2) is 62.7 Å². The number of aromatic carboxylic acids is 1. The number of hydrogen-bond donors (Lipinski definition) is 2. The van der Waals surface area contributed by atoms with Gasteiger partial charge in [-0.2, -0.15) is 5.10 Å². The van der Waals surface area contributed by atoms with E-state index in [9.17, 15) is 9.59 Å². The molecule has 7 heteroatoms. The molecule has 0 saturated heterocycles. The lowest BCUT2D eigenvalue weighted by atomic mass is 10.1. The zero-order valence-electron chi connectivity index (χ0n) is 14.1. The molecule has 3 rings (SSSR count). The molecule has 132 valence electrons. The molecule has 0 fully saturated rings. The number of carbonyl (C=O) groups excluding carboxylic acids is 1. The summed E-state index contributed by atoms with van der Waals surface area (Å²) < 4.78 is 10.4. The fourth-order valence-corrected chi connectivity index (χ4v) is 2.36. The van der Waals surface area contributed by atoms with Gasteiger partial charge >= 0.3 is 5.97 Å². The van der Waals surface area contributed by atoms with Crippen LogP contribution in [0.4, 0.5) is 0 Å². The molecule has 0 saturated carbocycles. The lowest BCUT2D eigenvalue weighted by molar-refractivity contribution is 0.0663. The van der Waals surface area contributed by atoms with Crippen molar-refractivity contribution in [2.24, 2.45) is 5.10 Å². The lowest BCUT2D eigenvalue weighted by Gasteiger charge is -2.04. The van der Waals surface area contributed by atoms with E-state index in [1.807, 2.05) is 12.1 Å². The molecule has 1 aromatic carbocycles. The summed E-state index contributed by atoms with van der Waals surface area (Å²) in [5.41, 5.74) is 5.10. The van der Waals surface area contributed by atoms with Gasteiger partial charge in [-0.1, -0.05) is 24.3 Å². The van der Waals surface area contributed by atoms with E-state index in [1.54, 1.807) is 38.1 Å². The van der Waals surface area contributed by atoms with E-state index in [2.05, 4.69) is 10.5 Å². The smallest absolute Gasteiger partial charge is 0.371 e. The molecule has 2 N–H and O–H groups in total. The van der Waals surface area contributed by atoms with Crippen LogP contribution in [0.1, 0.15) is 39.2 Å². The van der Waals surface area contributed by atoms with Crippen molar-refractivity contribution < 1.29 is 23.5 Å². The topological polar surface area (TPSA) is 105 Å². The molecule has 0 atom stereocenters. The molecular weight excluding hydrogens is 336 g/mol. The maximum atomic E-state index is 12.0. The molecular formula is C19H16N2O5. The SMILES string of the molecule is C/C(=N/NC(=O)c1ccoc1C)c1ccc(-c2ccc(C(=O)O)o2)cc1. The predicted octanol–water partition coefficient (Wildman–Crippen LogP) is 3.70. The highest BCUT2D eigenvalue weighted by molar-refractivity contribution is 6.01. The van der Waals surface area contributed by atoms with Crippen LogP contribution in [0.5, 0.6) is 0 Å². The molecule has 0 unspecified atom stereocenters. The Labute approximate surface area is 148 Å². The van der Waals surface area contributed by atoms with E-state index in [-0.39, 0.29) is 11.7 Å². The number of amides is 1. The summed E-state index contributed by atoms with van der Waals surface area (Å²) in [5.74, 6) is -0.575. The minimum Gasteiger partial charge on any atom is -0.475 e. The molecule has 7 nitrogen and oxygen atoms in total. The van der Waals surface area contributed by atoms with Crippen molar-refractivity contribution in [1.29, 1.82) is 0 Å². The van der Waals surface area contributed by atoms with Crippen molar-refractivity contribution in [3.8, 4) is 11.3 Å². The predicted molar refractivity (Wildman–Crippen MR) is 94.2 cm³/mol. The van der Waals surface area contributed by atoms with Crippen LogP contribution in [0.2, 0.25) is 0 Å². The second-order valence-corrected chi connectivity index (χ2v) is 5.58. The monoisotopic (exact) mass is 352 g/mol. The van der Waals surface area contributed by atoms with Crippen LogP contribution < -0.4 is 5.43 Å². The molecule has 0 aliphatic rings. The molecule has 2 aromatic heterocycles. The first-order valence-electron chi connectivity index (χ1n) is 7.78. The van der Waals surface area contributed by atoms with Crippen LogP contribution in [0.25, 0.3) is 11.3 Å². The molecule has 26 heavy (non-hydrogen) atoms. The third-order valence-electron chi connectivity index (χ3n) is 3.83. The number of aryl methyl sites for hydroxylation is 1. The van der Waals surface area contributed by atoms with Crippen molar-refractivity contribution in [3.05, 3.63) is 71.4 Å². The third-order valence-corrected chi connectivity index (χ3v) is 3.83. The maximum Gasteiger partial charge on any atom is 0.371 e. The molecule has 0 spiro atoms. The van der Waals surface area contributed by atoms with Crippen molar-refractivity contribution in [3.63, 3.8) is 0 Å². The summed E-state index contributed by atoms with van der Waals surface area (Å²) in [6, 6.07) is 11.8. The van der Waals surface area contributed by atoms with Crippen LogP contribution in [0.3, 0.4) is 0 Å². The molecule has 3 aromatic rings. The zero-order valence-corrected chi connectivity index (χ0v) is 14.1. The number of hydrazone groups is 1. The van der Waals surface area contributed by atoms with E-state index in [1.165, 1.54) is 12.3 Å². The highest BCUT2D eigenvalue weighted by Crippen LogP contribution is 2.22. The standard InChI is InChI=1S/C19H16N2O5/c1-11(20-21-18(22)15-9-10-25-12(15)2)13-3-5-14(6-4-13)16-7-8-17(26-16)19(23)24/h3-10H,1-2H3,(H,21,22)(H,23,24)/b20-11-. The highest BCUT2D eigenvalue weighted by atomic mass is 16.4. The zero-order chi connectivity index (χ0) is 18.7. The Morgan fingerprint density at radius 1 is 1.08 bits per heavy atom. The normalized spacial score (nSPS) is 11.4. The van der Waals surface area contributed by atoms with Gasteiger partial charge in [-0.05, 0) is 37.6 Å². The minimum atomic E-state index is -1.11. The number of carboxylic acid groups (broad SMARTS) is 1. The summed E-state index contributed by atoms with van der Waals surface area (Å²) in [5, 5.41) is 13.0. The average Bonchev–Trinajstić information content (AvgIpc) is 3.29. The first-order chi connectivity index (χ1) is 12.5. The molecule has 0 aliphatic carbocycles. The van der Waals surface area contributed by atoms with E-state index >= 15 is 0 Å². The van der Waals surface area contributed by atoms with Gasteiger partial charge in [0, 0.05) is 5.56 Å². The van der Waals surface area contributed by atoms with Gasteiger partial charge in [0.05, 0.1) is 17.5 Å². The quantitative estimate of drug-likeness (QED) is 0.538. The number of hydrogen-bond acceptors (Lipinski definition) is 5. The van der Waals surface area contributed by atoms with Gasteiger partial charge in [0.1, 0.15) is 11.5 Å². The van der Waals surface area contributed by atoms with Gasteiger partial charge < -0.3 is 13.9 Å². The van der Waals surface area contributed by atoms with E-state index in [4.69, 9.17) is 13.9 Å². The van der Waals surface area contributed by atoms with Gasteiger partial charge in [0.25, 0.3) is 5.91 Å². The first kappa shape index (κ1) is 17.2. The Hall–Kier alpha value is -3.61. The van der Waals surface area contributed by atoms with Crippen molar-refractivity contribution in [2.45, 2.75) is 13.8 Å². The summed E-state index contributed by atoms with van der Waals surface area (Å²) in [6.45, 7) is 3.47. The van der Waals surface area contributed by atoms with Gasteiger partial charge in [-0.3, -0.25) is 4.79 Å². The van der Waals surface area contributed by atoms with E-state index in [0.29, 0.717) is 22.8 Å². The molecule has 2 heterocycles. The Morgan fingerprint density at radius 2 is 1.81 bits per heavy atom. The summed E-state index contributed by atoms with van der Waals surface area (Å²) in [6.07, 6.45) is 1.45. The number of nitrogens with one attached hydrogen (secondary N) is 1. The van der Waals surface area contributed by atoms with Crippen molar-refractivity contribution in [1.82, 2.24) is 5.43 Å². The number of carboxylic acids is 1. The Balaban J connectivity index is 1.72. The van der Waals surface area contributed by atoms with E-state index in [0.717, 1.165) is 11.1 Å². The van der Waals surface area contributed by atoms with Crippen LogP contribution in [-0.4, -0.2) is 22.7 Å². The Kier molecular flexibility index (Phi) is 4.70. The summed E-state index contributed by atoms with van der Waals surface area (Å²) >= 11 is 0. The van der Waals surface area contributed by atoms with Gasteiger partial charge in [0.2, 0.25) is 5.76 Å². The minimum absolute atomic E-state index is 0.112. The Bertz CT molecular complexity index is 980. The third kappa shape index (κ3) is 3.56. The largest absolute Gasteiger partial charge is 0.475 e. The van der Waals surface area contributed by atoms with Crippen molar-refractivity contribution in [2.75, 3.05) is 0 Å². The van der Waals surface area contributed by atoms with Crippen molar-refractivity contribution >= 4 is 17.6 Å².